The van der Waals surface area contributed by atoms with E-state index in [-0.39, 0.29) is 24.7 Å². The molecular formula is C30H54NO6P. The molecule has 0 fully saturated rings. The molecular weight excluding hydrogens is 501 g/mol. The number of ketones is 1. The van der Waals surface area contributed by atoms with Crippen LogP contribution in [0.3, 0.4) is 0 Å². The Hall–Kier alpha value is -1.24. The Balaban J connectivity index is 2.28. The van der Waals surface area contributed by atoms with Gasteiger partial charge in [-0.1, -0.05) is 89.7 Å². The van der Waals surface area contributed by atoms with Gasteiger partial charge in [-0.3, -0.25) is 9.05 Å². The Morgan fingerprint density at radius 2 is 1.50 bits per heavy atom. The molecule has 0 amide bonds. The molecule has 3 atom stereocenters. The van der Waals surface area contributed by atoms with Gasteiger partial charge in [0, 0.05) is 6.42 Å². The maximum absolute atomic E-state index is 12.2. The Kier molecular flexibility index (Phi) is 19.7. The molecule has 0 spiro atoms. The molecule has 38 heavy (non-hydrogen) atoms. The highest BCUT2D eigenvalue weighted by Gasteiger charge is 2.26. The first-order valence-corrected chi connectivity index (χ1v) is 16.3. The van der Waals surface area contributed by atoms with E-state index in [2.05, 4.69) is 6.92 Å². The smallest absolute Gasteiger partial charge is 0.472 e. The summed E-state index contributed by atoms with van der Waals surface area (Å²) in [6.07, 6.45) is 16.6. The molecule has 0 radical (unpaired) electrons. The minimum absolute atomic E-state index is 0.00570. The summed E-state index contributed by atoms with van der Waals surface area (Å²) >= 11 is 0. The third kappa shape index (κ3) is 18.9. The van der Waals surface area contributed by atoms with E-state index in [0.717, 1.165) is 17.7 Å². The number of rotatable bonds is 25. The number of benzene rings is 1. The van der Waals surface area contributed by atoms with Crippen molar-refractivity contribution in [3.05, 3.63) is 29.8 Å². The van der Waals surface area contributed by atoms with Crippen LogP contribution in [-0.4, -0.2) is 36.5 Å². The minimum Gasteiger partial charge on any atom is -0.494 e. The average Bonchev–Trinajstić information content (AvgIpc) is 2.86. The number of phosphoric acid groups is 1. The van der Waals surface area contributed by atoms with Crippen molar-refractivity contribution in [1.82, 2.24) is 0 Å². The van der Waals surface area contributed by atoms with E-state index in [0.29, 0.717) is 26.0 Å². The zero-order valence-electron chi connectivity index (χ0n) is 24.2. The quantitative estimate of drug-likeness (QED) is 0.0937. The maximum atomic E-state index is 12.2. The van der Waals surface area contributed by atoms with E-state index in [1.807, 2.05) is 24.3 Å². The van der Waals surface area contributed by atoms with Crippen LogP contribution in [0.5, 0.6) is 5.75 Å². The van der Waals surface area contributed by atoms with Crippen molar-refractivity contribution in [3.8, 4) is 5.75 Å². The molecule has 1 aromatic carbocycles. The van der Waals surface area contributed by atoms with Crippen LogP contribution in [0.1, 0.15) is 116 Å². The molecule has 0 saturated heterocycles. The molecule has 220 valence electrons. The standard InChI is InChI=1S/C30H54NO6P/c1-4-5-6-7-8-9-10-11-12-13-14-15-22-35-30-18-16-28(17-19-30)24-29(23-26(2)32)25-36-38(33,34)37-27(3)20-21-31/h16-19,27,29H,4-15,20-25,31H2,1-3H3,(H,33,34). The SMILES string of the molecule is CCCCCCCCCCCCCCOc1ccc(CC(COP(=O)(O)OC(C)CCN)CC(C)=O)cc1. The van der Waals surface area contributed by atoms with Crippen LogP contribution in [0.15, 0.2) is 24.3 Å². The van der Waals surface area contributed by atoms with Gasteiger partial charge in [0.2, 0.25) is 0 Å². The van der Waals surface area contributed by atoms with Crippen LogP contribution in [0.25, 0.3) is 0 Å². The van der Waals surface area contributed by atoms with Crippen molar-refractivity contribution in [3.63, 3.8) is 0 Å². The predicted octanol–water partition coefficient (Wildman–Crippen LogP) is 7.78. The van der Waals surface area contributed by atoms with E-state index in [1.165, 1.54) is 77.6 Å². The van der Waals surface area contributed by atoms with Crippen molar-refractivity contribution in [2.75, 3.05) is 19.8 Å². The largest absolute Gasteiger partial charge is 0.494 e. The van der Waals surface area contributed by atoms with Crippen LogP contribution in [0.2, 0.25) is 0 Å². The second-order valence-corrected chi connectivity index (χ2v) is 12.0. The highest BCUT2D eigenvalue weighted by atomic mass is 31.2. The van der Waals surface area contributed by atoms with Crippen molar-refractivity contribution in [1.29, 1.82) is 0 Å². The third-order valence-electron chi connectivity index (χ3n) is 6.65. The zero-order valence-corrected chi connectivity index (χ0v) is 25.1. The molecule has 7 nitrogen and oxygen atoms in total. The number of carbonyl (C=O) groups excluding carboxylic acids is 1. The summed E-state index contributed by atoms with van der Waals surface area (Å²) in [5.74, 6) is 0.610. The lowest BCUT2D eigenvalue weighted by atomic mass is 9.95. The summed E-state index contributed by atoms with van der Waals surface area (Å²) in [4.78, 5) is 21.7. The van der Waals surface area contributed by atoms with Crippen molar-refractivity contribution >= 4 is 13.6 Å². The molecule has 0 aliphatic carbocycles. The molecule has 0 saturated carbocycles. The van der Waals surface area contributed by atoms with Crippen molar-refractivity contribution in [2.45, 2.75) is 123 Å². The highest BCUT2D eigenvalue weighted by molar-refractivity contribution is 7.47. The number of hydrogen-bond donors (Lipinski definition) is 2. The Labute approximate surface area is 231 Å². The van der Waals surface area contributed by atoms with Gasteiger partial charge in [0.25, 0.3) is 0 Å². The molecule has 8 heteroatoms. The fourth-order valence-corrected chi connectivity index (χ4v) is 5.55. The zero-order chi connectivity index (χ0) is 28.1. The van der Waals surface area contributed by atoms with E-state index in [1.54, 1.807) is 6.92 Å². The average molecular weight is 556 g/mol. The van der Waals surface area contributed by atoms with E-state index < -0.39 is 13.9 Å². The highest BCUT2D eigenvalue weighted by Crippen LogP contribution is 2.45. The second-order valence-electron chi connectivity index (χ2n) is 10.6. The van der Waals surface area contributed by atoms with Crippen molar-refractivity contribution < 1.29 is 28.0 Å². The second kappa shape index (κ2) is 21.6. The Morgan fingerprint density at radius 3 is 2.03 bits per heavy atom. The predicted molar refractivity (Wildman–Crippen MR) is 156 cm³/mol. The summed E-state index contributed by atoms with van der Waals surface area (Å²) in [5, 5.41) is 0. The number of Topliss-reactive ketones (excluding diaryl/α,β-unsaturated/α-hetero) is 1. The Morgan fingerprint density at radius 1 is 0.947 bits per heavy atom. The number of nitrogens with two attached hydrogens (primary N) is 1. The summed E-state index contributed by atoms with van der Waals surface area (Å²) < 4.78 is 28.4. The molecule has 0 aliphatic rings. The van der Waals surface area contributed by atoms with Gasteiger partial charge in [-0.2, -0.15) is 0 Å². The number of ether oxygens (including phenoxy) is 1. The van der Waals surface area contributed by atoms with Crippen LogP contribution < -0.4 is 10.5 Å². The molecule has 0 heterocycles. The molecule has 1 rings (SSSR count). The first-order chi connectivity index (χ1) is 18.3. The van der Waals surface area contributed by atoms with Gasteiger partial charge in [0.05, 0.1) is 19.3 Å². The lowest BCUT2D eigenvalue weighted by Crippen LogP contribution is -2.18. The lowest BCUT2D eigenvalue weighted by molar-refractivity contribution is -0.118. The molecule has 0 aromatic heterocycles. The topological polar surface area (TPSA) is 108 Å². The van der Waals surface area contributed by atoms with Crippen LogP contribution in [0.4, 0.5) is 0 Å². The number of phosphoric ester groups is 1. The van der Waals surface area contributed by atoms with Gasteiger partial charge in [-0.25, -0.2) is 4.57 Å². The van der Waals surface area contributed by atoms with Gasteiger partial charge >= 0.3 is 7.82 Å². The van der Waals surface area contributed by atoms with Crippen LogP contribution >= 0.6 is 7.82 Å². The number of hydrogen-bond acceptors (Lipinski definition) is 6. The maximum Gasteiger partial charge on any atom is 0.472 e. The first kappa shape index (κ1) is 34.8. The fourth-order valence-electron chi connectivity index (χ4n) is 4.53. The monoisotopic (exact) mass is 555 g/mol. The molecule has 0 aliphatic heterocycles. The molecule has 3 N–H and O–H groups in total. The van der Waals surface area contributed by atoms with Crippen molar-refractivity contribution in [2.24, 2.45) is 11.7 Å². The summed E-state index contributed by atoms with van der Waals surface area (Å²) in [7, 11) is -4.21. The third-order valence-corrected chi connectivity index (χ3v) is 7.75. The molecule has 1 aromatic rings. The van der Waals surface area contributed by atoms with E-state index >= 15 is 0 Å². The van der Waals surface area contributed by atoms with Gasteiger partial charge in [-0.15, -0.1) is 0 Å². The number of carbonyl (C=O) groups is 1. The fraction of sp³-hybridized carbons (Fsp3) is 0.767. The summed E-state index contributed by atoms with van der Waals surface area (Å²) in [6.45, 7) is 6.48. The summed E-state index contributed by atoms with van der Waals surface area (Å²) in [5.41, 5.74) is 6.48. The van der Waals surface area contributed by atoms with Crippen LogP contribution in [0, 0.1) is 5.92 Å². The van der Waals surface area contributed by atoms with E-state index in [4.69, 9.17) is 19.5 Å². The normalized spacial score (nSPS) is 14.7. The lowest BCUT2D eigenvalue weighted by Gasteiger charge is -2.20. The van der Waals surface area contributed by atoms with E-state index in [9.17, 15) is 14.3 Å². The minimum atomic E-state index is -4.21. The van der Waals surface area contributed by atoms with Crippen LogP contribution in [-0.2, 0) is 24.8 Å². The van der Waals surface area contributed by atoms with Gasteiger partial charge in [0.15, 0.2) is 0 Å². The van der Waals surface area contributed by atoms with Gasteiger partial charge in [0.1, 0.15) is 11.5 Å². The Bertz CT molecular complexity index is 773. The van der Waals surface area contributed by atoms with Gasteiger partial charge in [-0.05, 0) is 63.3 Å². The van der Waals surface area contributed by atoms with Gasteiger partial charge < -0.3 is 20.2 Å². The summed E-state index contributed by atoms with van der Waals surface area (Å²) in [6, 6.07) is 7.83. The first-order valence-electron chi connectivity index (χ1n) is 14.8. The molecule has 3 unspecified atom stereocenters. The number of unbranched alkanes of at least 4 members (excludes halogenated alkanes) is 11. The molecule has 0 bridgehead atoms.